The van der Waals surface area contributed by atoms with E-state index < -0.39 is 0 Å². The van der Waals surface area contributed by atoms with E-state index in [4.69, 9.17) is 0 Å². The molecule has 0 amide bonds. The zero-order chi connectivity index (χ0) is 13.8. The van der Waals surface area contributed by atoms with Crippen molar-refractivity contribution in [2.45, 2.75) is 25.8 Å². The number of benzene rings is 1. The summed E-state index contributed by atoms with van der Waals surface area (Å²) < 4.78 is 0. The van der Waals surface area contributed by atoms with Gasteiger partial charge >= 0.3 is 0 Å². The molecule has 0 aliphatic carbocycles. The van der Waals surface area contributed by atoms with Crippen molar-refractivity contribution in [2.24, 2.45) is 0 Å². The van der Waals surface area contributed by atoms with Crippen LogP contribution in [0.3, 0.4) is 0 Å². The molecule has 1 saturated heterocycles. The summed E-state index contributed by atoms with van der Waals surface area (Å²) in [5.74, 6) is 0. The predicted molar refractivity (Wildman–Crippen MR) is 82.8 cm³/mol. The molecule has 106 valence electrons. The largest absolute Gasteiger partial charge is 0.382 e. The van der Waals surface area contributed by atoms with Crippen molar-refractivity contribution in [3.8, 4) is 11.3 Å². The summed E-state index contributed by atoms with van der Waals surface area (Å²) in [4.78, 5) is 2.51. The molecule has 4 nitrogen and oxygen atoms in total. The third-order valence-electron chi connectivity index (χ3n) is 4.08. The number of hydrogen-bond acceptors (Lipinski definition) is 3. The van der Waals surface area contributed by atoms with Gasteiger partial charge in [0.25, 0.3) is 0 Å². The Morgan fingerprint density at radius 1 is 1.30 bits per heavy atom. The molecule has 0 bridgehead atoms. The lowest BCUT2D eigenvalue weighted by atomic mass is 10.0. The summed E-state index contributed by atoms with van der Waals surface area (Å²) in [6.45, 7) is 5.81. The van der Waals surface area contributed by atoms with E-state index in [-0.39, 0.29) is 0 Å². The second-order valence-electron chi connectivity index (χ2n) is 5.40. The SMILES string of the molecule is CCN1CCC(Nc2cccc(-c3ccn[nH]3)c2)CC1. The van der Waals surface area contributed by atoms with Gasteiger partial charge in [-0.05, 0) is 37.6 Å². The number of likely N-dealkylation sites (tertiary alicyclic amines) is 1. The summed E-state index contributed by atoms with van der Waals surface area (Å²) in [5.41, 5.74) is 3.44. The van der Waals surface area contributed by atoms with Crippen molar-refractivity contribution in [2.75, 3.05) is 25.0 Å². The van der Waals surface area contributed by atoms with Crippen LogP contribution in [-0.4, -0.2) is 40.8 Å². The van der Waals surface area contributed by atoms with Gasteiger partial charge < -0.3 is 10.2 Å². The van der Waals surface area contributed by atoms with Gasteiger partial charge in [-0.15, -0.1) is 0 Å². The van der Waals surface area contributed by atoms with Crippen LogP contribution in [0.2, 0.25) is 0 Å². The Labute approximate surface area is 120 Å². The first kappa shape index (κ1) is 13.2. The molecule has 2 N–H and O–H groups in total. The first-order chi connectivity index (χ1) is 9.85. The van der Waals surface area contributed by atoms with Crippen molar-refractivity contribution in [3.05, 3.63) is 36.5 Å². The standard InChI is InChI=1S/C16H22N4/c1-2-20-10-7-14(8-11-20)18-15-5-3-4-13(12-15)16-6-9-17-19-16/h3-6,9,12,14,18H,2,7-8,10-11H2,1H3,(H,17,19). The van der Waals surface area contributed by atoms with Gasteiger partial charge in [-0.2, -0.15) is 5.10 Å². The van der Waals surface area contributed by atoms with Crippen LogP contribution in [0.15, 0.2) is 36.5 Å². The normalized spacial score (nSPS) is 17.2. The lowest BCUT2D eigenvalue weighted by Crippen LogP contribution is -2.38. The van der Waals surface area contributed by atoms with Crippen LogP contribution in [0.1, 0.15) is 19.8 Å². The van der Waals surface area contributed by atoms with Crippen molar-refractivity contribution in [1.82, 2.24) is 15.1 Å². The molecule has 1 aliphatic heterocycles. The second kappa shape index (κ2) is 6.09. The molecule has 0 unspecified atom stereocenters. The molecule has 0 spiro atoms. The lowest BCUT2D eigenvalue weighted by Gasteiger charge is -2.32. The molecular formula is C16H22N4. The second-order valence-corrected chi connectivity index (χ2v) is 5.40. The van der Waals surface area contributed by atoms with Crippen LogP contribution >= 0.6 is 0 Å². The maximum Gasteiger partial charge on any atom is 0.0650 e. The predicted octanol–water partition coefficient (Wildman–Crippen LogP) is 2.97. The molecule has 1 aromatic carbocycles. The number of piperidine rings is 1. The van der Waals surface area contributed by atoms with E-state index in [1.807, 2.05) is 6.07 Å². The molecule has 1 aliphatic rings. The van der Waals surface area contributed by atoms with Crippen LogP contribution < -0.4 is 5.32 Å². The molecule has 1 aromatic heterocycles. The fourth-order valence-electron chi connectivity index (χ4n) is 2.82. The van der Waals surface area contributed by atoms with Crippen LogP contribution in [0.4, 0.5) is 5.69 Å². The Morgan fingerprint density at radius 3 is 2.85 bits per heavy atom. The minimum Gasteiger partial charge on any atom is -0.382 e. The zero-order valence-electron chi connectivity index (χ0n) is 12.0. The number of nitrogens with zero attached hydrogens (tertiary/aromatic N) is 2. The average molecular weight is 270 g/mol. The van der Waals surface area contributed by atoms with E-state index in [9.17, 15) is 0 Å². The number of hydrogen-bond donors (Lipinski definition) is 2. The van der Waals surface area contributed by atoms with Crippen molar-refractivity contribution in [1.29, 1.82) is 0 Å². The zero-order valence-corrected chi connectivity index (χ0v) is 12.0. The summed E-state index contributed by atoms with van der Waals surface area (Å²) in [7, 11) is 0. The Bertz CT molecular complexity index is 527. The number of rotatable bonds is 4. The highest BCUT2D eigenvalue weighted by Crippen LogP contribution is 2.22. The molecule has 4 heteroatoms. The Morgan fingerprint density at radius 2 is 2.15 bits per heavy atom. The average Bonchev–Trinajstić information content (AvgIpc) is 3.03. The minimum atomic E-state index is 0.592. The van der Waals surface area contributed by atoms with Crippen molar-refractivity contribution >= 4 is 5.69 Å². The molecule has 2 heterocycles. The summed E-state index contributed by atoms with van der Waals surface area (Å²) in [6.07, 6.45) is 4.24. The van der Waals surface area contributed by atoms with Crippen LogP contribution in [0, 0.1) is 0 Å². The first-order valence-corrected chi connectivity index (χ1v) is 7.44. The Kier molecular flexibility index (Phi) is 4.02. The van der Waals surface area contributed by atoms with Crippen LogP contribution in [0.25, 0.3) is 11.3 Å². The maximum atomic E-state index is 4.01. The highest BCUT2D eigenvalue weighted by molar-refractivity contribution is 5.64. The monoisotopic (exact) mass is 270 g/mol. The first-order valence-electron chi connectivity index (χ1n) is 7.44. The number of aromatic amines is 1. The van der Waals surface area contributed by atoms with Crippen LogP contribution in [-0.2, 0) is 0 Å². The highest BCUT2D eigenvalue weighted by atomic mass is 15.1. The van der Waals surface area contributed by atoms with E-state index in [2.05, 4.69) is 51.6 Å². The molecular weight excluding hydrogens is 248 g/mol. The van der Waals surface area contributed by atoms with E-state index in [1.54, 1.807) is 6.20 Å². The number of anilines is 1. The fraction of sp³-hybridized carbons (Fsp3) is 0.438. The van der Waals surface area contributed by atoms with Gasteiger partial charge in [-0.25, -0.2) is 0 Å². The molecule has 3 rings (SSSR count). The number of H-pyrrole nitrogens is 1. The molecule has 0 atom stereocenters. The number of aromatic nitrogens is 2. The summed E-state index contributed by atoms with van der Waals surface area (Å²) >= 11 is 0. The molecule has 0 saturated carbocycles. The smallest absolute Gasteiger partial charge is 0.0650 e. The van der Waals surface area contributed by atoms with Gasteiger partial charge in [0.2, 0.25) is 0 Å². The van der Waals surface area contributed by atoms with Crippen molar-refractivity contribution in [3.63, 3.8) is 0 Å². The Hall–Kier alpha value is -1.81. The third kappa shape index (κ3) is 3.02. The van der Waals surface area contributed by atoms with Gasteiger partial charge in [0.1, 0.15) is 0 Å². The quantitative estimate of drug-likeness (QED) is 0.897. The van der Waals surface area contributed by atoms with E-state index in [0.29, 0.717) is 6.04 Å². The molecule has 1 fully saturated rings. The highest BCUT2D eigenvalue weighted by Gasteiger charge is 2.17. The van der Waals surface area contributed by atoms with Gasteiger partial charge in [0.05, 0.1) is 5.69 Å². The fourth-order valence-corrected chi connectivity index (χ4v) is 2.82. The summed E-state index contributed by atoms with van der Waals surface area (Å²) in [5, 5.41) is 10.7. The van der Waals surface area contributed by atoms with Gasteiger partial charge in [-0.1, -0.05) is 19.1 Å². The van der Waals surface area contributed by atoms with Gasteiger partial charge in [-0.3, -0.25) is 5.10 Å². The summed E-state index contributed by atoms with van der Waals surface area (Å²) in [6, 6.07) is 11.1. The van der Waals surface area contributed by atoms with Gasteiger partial charge in [0, 0.05) is 36.6 Å². The van der Waals surface area contributed by atoms with E-state index in [0.717, 1.165) is 5.69 Å². The van der Waals surface area contributed by atoms with Crippen LogP contribution in [0.5, 0.6) is 0 Å². The lowest BCUT2D eigenvalue weighted by molar-refractivity contribution is 0.229. The van der Waals surface area contributed by atoms with E-state index >= 15 is 0 Å². The van der Waals surface area contributed by atoms with Crippen molar-refractivity contribution < 1.29 is 0 Å². The molecule has 2 aromatic rings. The Balaban J connectivity index is 1.65. The molecule has 0 radical (unpaired) electrons. The van der Waals surface area contributed by atoms with E-state index in [1.165, 1.54) is 43.7 Å². The van der Waals surface area contributed by atoms with Gasteiger partial charge in [0.15, 0.2) is 0 Å². The molecule has 20 heavy (non-hydrogen) atoms. The number of nitrogens with one attached hydrogen (secondary N) is 2. The third-order valence-corrected chi connectivity index (χ3v) is 4.08. The maximum absolute atomic E-state index is 4.01. The minimum absolute atomic E-state index is 0.592. The topological polar surface area (TPSA) is 44.0 Å².